The highest BCUT2D eigenvalue weighted by atomic mass is 79.9. The van der Waals surface area contributed by atoms with Gasteiger partial charge in [0.25, 0.3) is 0 Å². The van der Waals surface area contributed by atoms with Gasteiger partial charge in [-0.1, -0.05) is 79.5 Å². The maximum atomic E-state index is 13.1. The molecular weight excluding hydrogens is 620 g/mol. The number of rotatable bonds is 11. The SMILES string of the molecule is CCCCc1nc(Cl)c(C(=O)OCC)n1Cc1ccc2oc(-c3ccccc3C(=O)OCc3ccccc3)c(Br)c2c1. The Labute approximate surface area is 257 Å². The van der Waals surface area contributed by atoms with Crippen molar-refractivity contribution in [2.45, 2.75) is 46.3 Å². The molecule has 0 aliphatic rings. The summed E-state index contributed by atoms with van der Waals surface area (Å²) in [5, 5.41) is 0.970. The van der Waals surface area contributed by atoms with Crippen molar-refractivity contribution in [1.82, 2.24) is 9.55 Å². The summed E-state index contributed by atoms with van der Waals surface area (Å²) in [6, 6.07) is 22.6. The molecule has 0 amide bonds. The van der Waals surface area contributed by atoms with Crippen molar-refractivity contribution in [2.24, 2.45) is 0 Å². The van der Waals surface area contributed by atoms with Crippen molar-refractivity contribution in [3.63, 3.8) is 0 Å². The molecule has 5 rings (SSSR count). The quantitative estimate of drug-likeness (QED) is 0.133. The summed E-state index contributed by atoms with van der Waals surface area (Å²) in [5.41, 5.74) is 3.75. The van der Waals surface area contributed by atoms with Crippen LogP contribution in [-0.4, -0.2) is 28.1 Å². The Hall–Kier alpha value is -3.88. The summed E-state index contributed by atoms with van der Waals surface area (Å²) in [6.45, 7) is 4.64. The van der Waals surface area contributed by atoms with Crippen LogP contribution in [0.5, 0.6) is 0 Å². The lowest BCUT2D eigenvalue weighted by molar-refractivity contribution is 0.0471. The van der Waals surface area contributed by atoms with Gasteiger partial charge < -0.3 is 18.5 Å². The number of furan rings is 1. The van der Waals surface area contributed by atoms with Gasteiger partial charge in [0.05, 0.1) is 16.6 Å². The predicted octanol–water partition coefficient (Wildman–Crippen LogP) is 8.64. The number of aromatic nitrogens is 2. The van der Waals surface area contributed by atoms with E-state index in [9.17, 15) is 9.59 Å². The number of ether oxygens (including phenoxy) is 2. The number of aryl methyl sites for hydroxylation is 1. The van der Waals surface area contributed by atoms with Crippen LogP contribution in [0.25, 0.3) is 22.3 Å². The van der Waals surface area contributed by atoms with Gasteiger partial charge in [0, 0.05) is 23.9 Å². The number of benzene rings is 3. The zero-order valence-corrected chi connectivity index (χ0v) is 25.7. The van der Waals surface area contributed by atoms with Crippen molar-refractivity contribution in [3.8, 4) is 11.3 Å². The molecule has 0 aliphatic carbocycles. The third-order valence-corrected chi connectivity index (χ3v) is 7.91. The Bertz CT molecular complexity index is 1730. The van der Waals surface area contributed by atoms with Crippen LogP contribution in [0.4, 0.5) is 0 Å². The molecule has 216 valence electrons. The lowest BCUT2D eigenvalue weighted by atomic mass is 10.0. The highest BCUT2D eigenvalue weighted by Crippen LogP contribution is 2.40. The van der Waals surface area contributed by atoms with E-state index in [1.807, 2.05) is 65.2 Å². The molecule has 0 fully saturated rings. The van der Waals surface area contributed by atoms with Gasteiger partial charge in [-0.15, -0.1) is 0 Å². The zero-order chi connectivity index (χ0) is 29.6. The van der Waals surface area contributed by atoms with Crippen molar-refractivity contribution in [2.75, 3.05) is 6.61 Å². The lowest BCUT2D eigenvalue weighted by Gasteiger charge is -2.12. The number of hydrogen-bond donors (Lipinski definition) is 0. The summed E-state index contributed by atoms with van der Waals surface area (Å²) in [4.78, 5) is 30.4. The van der Waals surface area contributed by atoms with Gasteiger partial charge in [0.15, 0.2) is 10.8 Å². The van der Waals surface area contributed by atoms with E-state index in [2.05, 4.69) is 27.8 Å². The van der Waals surface area contributed by atoms with Crippen LogP contribution in [0, 0.1) is 0 Å². The van der Waals surface area contributed by atoms with E-state index in [0.717, 1.165) is 35.2 Å². The van der Waals surface area contributed by atoms with Crippen LogP contribution in [0.2, 0.25) is 5.15 Å². The minimum Gasteiger partial charge on any atom is -0.461 e. The molecule has 0 unspecified atom stereocenters. The largest absolute Gasteiger partial charge is 0.461 e. The first-order valence-corrected chi connectivity index (χ1v) is 15.0. The molecule has 0 N–H and O–H groups in total. The van der Waals surface area contributed by atoms with Crippen LogP contribution < -0.4 is 0 Å². The maximum absolute atomic E-state index is 13.1. The second-order valence-electron chi connectivity index (χ2n) is 9.76. The molecule has 0 saturated carbocycles. The Balaban J connectivity index is 1.47. The van der Waals surface area contributed by atoms with Gasteiger partial charge in [-0.3, -0.25) is 0 Å². The summed E-state index contributed by atoms with van der Waals surface area (Å²) < 4.78 is 19.7. The molecule has 7 nitrogen and oxygen atoms in total. The van der Waals surface area contributed by atoms with E-state index in [1.54, 1.807) is 19.1 Å². The average Bonchev–Trinajstić information content (AvgIpc) is 3.50. The molecule has 42 heavy (non-hydrogen) atoms. The van der Waals surface area contributed by atoms with Gasteiger partial charge in [-0.05, 0) is 58.6 Å². The predicted molar refractivity (Wildman–Crippen MR) is 166 cm³/mol. The topological polar surface area (TPSA) is 83.6 Å². The van der Waals surface area contributed by atoms with E-state index < -0.39 is 11.9 Å². The molecular formula is C33H30BrClN2O5. The van der Waals surface area contributed by atoms with Gasteiger partial charge >= 0.3 is 11.9 Å². The first-order valence-electron chi connectivity index (χ1n) is 13.8. The van der Waals surface area contributed by atoms with E-state index in [-0.39, 0.29) is 24.1 Å². The van der Waals surface area contributed by atoms with E-state index in [1.165, 1.54) is 0 Å². The van der Waals surface area contributed by atoms with Crippen molar-refractivity contribution in [3.05, 3.63) is 111 Å². The standard InChI is InChI=1S/C33H30BrClN2O5/c1-3-5-15-27-36-31(35)29(33(39)40-4-2)37(27)19-22-16-17-26-25(18-22)28(34)30(42-26)23-13-9-10-14-24(23)32(38)41-20-21-11-7-6-8-12-21/h6-14,16-18H,3-5,15,19-20H2,1-2H3. The average molecular weight is 650 g/mol. The molecule has 9 heteroatoms. The number of nitrogens with zero attached hydrogens (tertiary/aromatic N) is 2. The minimum absolute atomic E-state index is 0.142. The second-order valence-corrected chi connectivity index (χ2v) is 10.9. The molecule has 0 radical (unpaired) electrons. The monoisotopic (exact) mass is 648 g/mol. The zero-order valence-electron chi connectivity index (χ0n) is 23.4. The van der Waals surface area contributed by atoms with Crippen LogP contribution in [0.1, 0.15) is 64.5 Å². The number of carbonyl (C=O) groups excluding carboxylic acids is 2. The highest BCUT2D eigenvalue weighted by Gasteiger charge is 2.24. The smallest absolute Gasteiger partial charge is 0.358 e. The number of halogens is 2. The summed E-state index contributed by atoms with van der Waals surface area (Å²) in [6.07, 6.45) is 2.59. The summed E-state index contributed by atoms with van der Waals surface area (Å²) >= 11 is 10.1. The molecule has 2 heterocycles. The summed E-state index contributed by atoms with van der Waals surface area (Å²) in [5.74, 6) is 0.322. The van der Waals surface area contributed by atoms with Crippen LogP contribution in [0.15, 0.2) is 81.7 Å². The molecule has 0 spiro atoms. The number of unbranched alkanes of at least 4 members (excludes halogenated alkanes) is 1. The van der Waals surface area contributed by atoms with E-state index in [0.29, 0.717) is 39.9 Å². The number of imidazole rings is 1. The van der Waals surface area contributed by atoms with Crippen molar-refractivity contribution >= 4 is 50.4 Å². The Morgan fingerprint density at radius 1 is 0.952 bits per heavy atom. The van der Waals surface area contributed by atoms with E-state index in [4.69, 9.17) is 25.5 Å². The Kier molecular flexibility index (Phi) is 9.45. The molecule has 0 atom stereocenters. The van der Waals surface area contributed by atoms with Crippen LogP contribution in [-0.2, 0) is 29.0 Å². The first kappa shape index (κ1) is 29.6. The molecule has 0 bridgehead atoms. The molecule has 3 aromatic carbocycles. The number of carbonyl (C=O) groups is 2. The number of hydrogen-bond acceptors (Lipinski definition) is 6. The van der Waals surface area contributed by atoms with Gasteiger partial charge in [0.1, 0.15) is 23.8 Å². The minimum atomic E-state index is -0.499. The molecule has 0 saturated heterocycles. The van der Waals surface area contributed by atoms with Crippen molar-refractivity contribution in [1.29, 1.82) is 0 Å². The molecule has 0 aliphatic heterocycles. The fourth-order valence-corrected chi connectivity index (χ4v) is 5.67. The number of fused-ring (bicyclic) bond motifs is 1. The fourth-order valence-electron chi connectivity index (χ4n) is 4.79. The molecule has 5 aromatic rings. The maximum Gasteiger partial charge on any atom is 0.358 e. The van der Waals surface area contributed by atoms with Gasteiger partial charge in [-0.2, -0.15) is 0 Å². The van der Waals surface area contributed by atoms with Crippen LogP contribution >= 0.6 is 27.5 Å². The Morgan fingerprint density at radius 2 is 1.71 bits per heavy atom. The summed E-state index contributed by atoms with van der Waals surface area (Å²) in [7, 11) is 0. The second kappa shape index (κ2) is 13.4. The Morgan fingerprint density at radius 3 is 2.48 bits per heavy atom. The fraction of sp³-hybridized carbons (Fsp3) is 0.242. The van der Waals surface area contributed by atoms with Gasteiger partial charge in [-0.25, -0.2) is 14.6 Å². The molecule has 2 aromatic heterocycles. The van der Waals surface area contributed by atoms with Crippen molar-refractivity contribution < 1.29 is 23.5 Å². The lowest BCUT2D eigenvalue weighted by Crippen LogP contribution is -2.15. The highest BCUT2D eigenvalue weighted by molar-refractivity contribution is 9.10. The van der Waals surface area contributed by atoms with Gasteiger partial charge in [0.2, 0.25) is 0 Å². The van der Waals surface area contributed by atoms with Crippen LogP contribution in [0.3, 0.4) is 0 Å². The number of esters is 2. The van der Waals surface area contributed by atoms with E-state index >= 15 is 0 Å². The third kappa shape index (κ3) is 6.30. The third-order valence-electron chi connectivity index (χ3n) is 6.86. The first-order chi connectivity index (χ1) is 20.4. The normalized spacial score (nSPS) is 11.1.